The fraction of sp³-hybridized carbons (Fsp3) is 0.462. The van der Waals surface area contributed by atoms with Crippen molar-refractivity contribution >= 4 is 23.4 Å². The summed E-state index contributed by atoms with van der Waals surface area (Å²) >= 11 is 0.870. The van der Waals surface area contributed by atoms with Gasteiger partial charge in [0.05, 0.1) is 23.4 Å². The van der Waals surface area contributed by atoms with Gasteiger partial charge < -0.3 is 15.4 Å². The third-order valence-electron chi connectivity index (χ3n) is 2.99. The van der Waals surface area contributed by atoms with Gasteiger partial charge in [0.1, 0.15) is 11.6 Å². The Balaban J connectivity index is 2.07. The quantitative estimate of drug-likeness (QED) is 0.684. The zero-order valence-corrected chi connectivity index (χ0v) is 11.9. The monoisotopic (exact) mass is 302 g/mol. The number of ether oxygens (including phenoxy) is 1. The Hall–Kier alpha value is -1.34. The van der Waals surface area contributed by atoms with Crippen molar-refractivity contribution in [3.8, 4) is 0 Å². The highest BCUT2D eigenvalue weighted by molar-refractivity contribution is 8.00. The van der Waals surface area contributed by atoms with Gasteiger partial charge in [0.25, 0.3) is 0 Å². The molecule has 0 aromatic heterocycles. The summed E-state index contributed by atoms with van der Waals surface area (Å²) in [6, 6.07) is 2.11. The number of morpholine rings is 1. The second-order valence-electron chi connectivity index (χ2n) is 4.51. The van der Waals surface area contributed by atoms with Crippen LogP contribution in [-0.4, -0.2) is 42.4 Å². The Morgan fingerprint density at radius 2 is 1.90 bits per heavy atom. The van der Waals surface area contributed by atoms with Crippen molar-refractivity contribution in [3.05, 3.63) is 23.8 Å². The summed E-state index contributed by atoms with van der Waals surface area (Å²) < 4.78 is 32.5. The molecule has 1 aromatic carbocycles. The molecule has 1 aliphatic heterocycles. The molecule has 1 aromatic rings. The molecule has 7 heteroatoms. The summed E-state index contributed by atoms with van der Waals surface area (Å²) in [4.78, 5) is 13.6. The molecule has 1 unspecified atom stereocenters. The van der Waals surface area contributed by atoms with Crippen LogP contribution in [0, 0.1) is 11.6 Å². The van der Waals surface area contributed by atoms with E-state index in [1.165, 1.54) is 0 Å². The van der Waals surface area contributed by atoms with E-state index in [1.54, 1.807) is 11.8 Å². The topological polar surface area (TPSA) is 55.6 Å². The molecule has 0 spiro atoms. The van der Waals surface area contributed by atoms with Gasteiger partial charge in [-0.15, -0.1) is 11.8 Å². The zero-order chi connectivity index (χ0) is 14.7. The number of anilines is 1. The van der Waals surface area contributed by atoms with Crippen molar-refractivity contribution in [1.29, 1.82) is 0 Å². The molecule has 1 fully saturated rings. The number of nitrogens with zero attached hydrogens (tertiary/aromatic N) is 1. The summed E-state index contributed by atoms with van der Waals surface area (Å²) in [6.45, 7) is 3.64. The third-order valence-corrected chi connectivity index (χ3v) is 4.17. The minimum absolute atomic E-state index is 0.0245. The largest absolute Gasteiger partial charge is 0.399 e. The van der Waals surface area contributed by atoms with E-state index in [0.717, 1.165) is 23.9 Å². The maximum atomic E-state index is 13.7. The summed E-state index contributed by atoms with van der Waals surface area (Å²) in [7, 11) is 0. The number of nitrogens with two attached hydrogens (primary N) is 1. The molecule has 1 aliphatic rings. The van der Waals surface area contributed by atoms with Crippen LogP contribution in [0.3, 0.4) is 0 Å². The number of nitrogen functional groups attached to an aromatic ring is 1. The Bertz CT molecular complexity index is 484. The van der Waals surface area contributed by atoms with E-state index in [-0.39, 0.29) is 16.5 Å². The summed E-state index contributed by atoms with van der Waals surface area (Å²) in [5, 5.41) is -0.569. The van der Waals surface area contributed by atoms with Crippen molar-refractivity contribution in [2.24, 2.45) is 0 Å². The third kappa shape index (κ3) is 3.40. The highest BCUT2D eigenvalue weighted by Gasteiger charge is 2.25. The Morgan fingerprint density at radius 1 is 1.35 bits per heavy atom. The average Bonchev–Trinajstić information content (AvgIpc) is 2.42. The smallest absolute Gasteiger partial charge is 0.235 e. The van der Waals surface area contributed by atoms with Gasteiger partial charge in [0.2, 0.25) is 5.91 Å². The van der Waals surface area contributed by atoms with Crippen molar-refractivity contribution in [2.45, 2.75) is 17.1 Å². The standard InChI is InChI=1S/C13H16F2N2O2S/c1-8(13(18)17-2-4-19-5-3-17)20-12-10(14)6-9(16)7-11(12)15/h6-8H,2-5,16H2,1H3. The fourth-order valence-corrected chi connectivity index (χ4v) is 2.91. The lowest BCUT2D eigenvalue weighted by Crippen LogP contribution is -2.44. The highest BCUT2D eigenvalue weighted by Crippen LogP contribution is 2.31. The Labute approximate surface area is 120 Å². The van der Waals surface area contributed by atoms with E-state index < -0.39 is 16.9 Å². The van der Waals surface area contributed by atoms with Gasteiger partial charge in [-0.05, 0) is 19.1 Å². The number of thioether (sulfide) groups is 1. The molecular formula is C13H16F2N2O2S. The lowest BCUT2D eigenvalue weighted by atomic mass is 10.3. The van der Waals surface area contributed by atoms with Crippen LogP contribution in [0.4, 0.5) is 14.5 Å². The molecular weight excluding hydrogens is 286 g/mol. The van der Waals surface area contributed by atoms with Crippen LogP contribution >= 0.6 is 11.8 Å². The fourth-order valence-electron chi connectivity index (χ4n) is 1.96. The molecule has 2 rings (SSSR count). The number of rotatable bonds is 3. The minimum Gasteiger partial charge on any atom is -0.399 e. The van der Waals surface area contributed by atoms with Crippen LogP contribution in [0.15, 0.2) is 17.0 Å². The number of carbonyl (C=O) groups excluding carboxylic acids is 1. The molecule has 1 heterocycles. The van der Waals surface area contributed by atoms with Gasteiger partial charge in [0, 0.05) is 18.8 Å². The molecule has 2 N–H and O–H groups in total. The van der Waals surface area contributed by atoms with E-state index in [4.69, 9.17) is 10.5 Å². The van der Waals surface area contributed by atoms with E-state index >= 15 is 0 Å². The first-order valence-corrected chi connectivity index (χ1v) is 7.14. The van der Waals surface area contributed by atoms with Gasteiger partial charge in [0.15, 0.2) is 0 Å². The highest BCUT2D eigenvalue weighted by atomic mass is 32.2. The number of benzene rings is 1. The van der Waals surface area contributed by atoms with Gasteiger partial charge in [-0.2, -0.15) is 0 Å². The lowest BCUT2D eigenvalue weighted by Gasteiger charge is -2.29. The lowest BCUT2D eigenvalue weighted by molar-refractivity contribution is -0.134. The number of hydrogen-bond donors (Lipinski definition) is 1. The second kappa shape index (κ2) is 6.41. The maximum Gasteiger partial charge on any atom is 0.235 e. The Morgan fingerprint density at radius 3 is 2.45 bits per heavy atom. The van der Waals surface area contributed by atoms with Gasteiger partial charge in [-0.25, -0.2) is 8.78 Å². The van der Waals surface area contributed by atoms with E-state index in [1.807, 2.05) is 0 Å². The Kier molecular flexibility index (Phi) is 4.82. The second-order valence-corrected chi connectivity index (χ2v) is 5.86. The van der Waals surface area contributed by atoms with Gasteiger partial charge in [-0.3, -0.25) is 4.79 Å². The molecule has 0 aliphatic carbocycles. The van der Waals surface area contributed by atoms with Crippen molar-refractivity contribution in [1.82, 2.24) is 4.90 Å². The van der Waals surface area contributed by atoms with Crippen LogP contribution in [0.1, 0.15) is 6.92 Å². The summed E-state index contributed by atoms with van der Waals surface area (Å²) in [5.41, 5.74) is 5.38. The molecule has 1 amide bonds. The first-order valence-electron chi connectivity index (χ1n) is 6.26. The molecule has 0 bridgehead atoms. The molecule has 20 heavy (non-hydrogen) atoms. The van der Waals surface area contributed by atoms with E-state index in [2.05, 4.69) is 0 Å². The van der Waals surface area contributed by atoms with Crippen LogP contribution in [-0.2, 0) is 9.53 Å². The predicted molar refractivity (Wildman–Crippen MR) is 73.5 cm³/mol. The van der Waals surface area contributed by atoms with Crippen LogP contribution in [0.5, 0.6) is 0 Å². The molecule has 0 saturated carbocycles. The minimum atomic E-state index is -0.742. The predicted octanol–water partition coefficient (Wildman–Crippen LogP) is 1.89. The van der Waals surface area contributed by atoms with E-state index in [9.17, 15) is 13.6 Å². The maximum absolute atomic E-state index is 13.7. The molecule has 110 valence electrons. The first-order chi connectivity index (χ1) is 9.49. The SMILES string of the molecule is CC(Sc1c(F)cc(N)cc1F)C(=O)N1CCOCC1. The normalized spacial score (nSPS) is 17.1. The number of amides is 1. The first kappa shape index (κ1) is 15.1. The zero-order valence-electron chi connectivity index (χ0n) is 11.1. The summed E-state index contributed by atoms with van der Waals surface area (Å²) in [6.07, 6.45) is 0. The van der Waals surface area contributed by atoms with Gasteiger partial charge >= 0.3 is 0 Å². The molecule has 4 nitrogen and oxygen atoms in total. The van der Waals surface area contributed by atoms with Crippen LogP contribution in [0.25, 0.3) is 0 Å². The number of hydrogen-bond acceptors (Lipinski definition) is 4. The van der Waals surface area contributed by atoms with E-state index in [0.29, 0.717) is 26.3 Å². The average molecular weight is 302 g/mol. The number of halogens is 2. The molecule has 1 atom stereocenters. The number of carbonyl (C=O) groups is 1. The van der Waals surface area contributed by atoms with Crippen LogP contribution < -0.4 is 5.73 Å². The van der Waals surface area contributed by atoms with Gasteiger partial charge in [-0.1, -0.05) is 0 Å². The molecule has 1 saturated heterocycles. The van der Waals surface area contributed by atoms with Crippen molar-refractivity contribution in [3.63, 3.8) is 0 Å². The molecule has 0 radical (unpaired) electrons. The summed E-state index contributed by atoms with van der Waals surface area (Å²) in [5.74, 6) is -1.63. The van der Waals surface area contributed by atoms with Crippen molar-refractivity contribution < 1.29 is 18.3 Å². The van der Waals surface area contributed by atoms with Crippen LogP contribution in [0.2, 0.25) is 0 Å². The van der Waals surface area contributed by atoms with Crippen molar-refractivity contribution in [2.75, 3.05) is 32.0 Å².